The second kappa shape index (κ2) is 7.51. The van der Waals surface area contributed by atoms with Crippen LogP contribution in [-0.2, 0) is 9.59 Å². The lowest BCUT2D eigenvalue weighted by Crippen LogP contribution is -2.50. The summed E-state index contributed by atoms with van der Waals surface area (Å²) >= 11 is 0. The first-order valence-corrected chi connectivity index (χ1v) is 8.14. The van der Waals surface area contributed by atoms with Gasteiger partial charge in [0.25, 0.3) is 0 Å². The van der Waals surface area contributed by atoms with Crippen molar-refractivity contribution in [2.75, 3.05) is 26.2 Å². The minimum Gasteiger partial charge on any atom is -0.370 e. The monoisotopic (exact) mass is 335 g/mol. The van der Waals surface area contributed by atoms with Crippen LogP contribution in [0.4, 0.5) is 13.2 Å². The average Bonchev–Trinajstić information content (AvgIpc) is 2.46. The molecule has 23 heavy (non-hydrogen) atoms. The van der Waals surface area contributed by atoms with Crippen LogP contribution in [0.15, 0.2) is 0 Å². The molecular weight excluding hydrogens is 311 g/mol. The highest BCUT2D eigenvalue weighted by Crippen LogP contribution is 2.34. The normalized spacial score (nSPS) is 24.7. The fourth-order valence-electron chi connectivity index (χ4n) is 3.47. The van der Waals surface area contributed by atoms with Crippen molar-refractivity contribution in [2.24, 2.45) is 11.7 Å². The van der Waals surface area contributed by atoms with Gasteiger partial charge >= 0.3 is 6.18 Å². The van der Waals surface area contributed by atoms with Crippen LogP contribution in [0.5, 0.6) is 0 Å². The fraction of sp³-hybridized carbons (Fsp3) is 0.867. The highest BCUT2D eigenvalue weighted by Gasteiger charge is 2.41. The van der Waals surface area contributed by atoms with Gasteiger partial charge in [0.1, 0.15) is 0 Å². The summed E-state index contributed by atoms with van der Waals surface area (Å²) in [6.07, 6.45) is -1.30. The molecule has 2 aliphatic rings. The van der Waals surface area contributed by atoms with Crippen molar-refractivity contribution in [3.05, 3.63) is 0 Å². The first-order chi connectivity index (χ1) is 10.8. The second-order valence-corrected chi connectivity index (χ2v) is 6.50. The number of alkyl halides is 3. The number of piperidine rings is 2. The summed E-state index contributed by atoms with van der Waals surface area (Å²) in [6, 6.07) is -0.165. The second-order valence-electron chi connectivity index (χ2n) is 6.50. The van der Waals surface area contributed by atoms with Gasteiger partial charge in [0.2, 0.25) is 11.8 Å². The Morgan fingerprint density at radius 3 is 2.26 bits per heavy atom. The van der Waals surface area contributed by atoms with Crippen molar-refractivity contribution in [2.45, 2.75) is 50.7 Å². The Labute approximate surface area is 134 Å². The Balaban J connectivity index is 1.85. The van der Waals surface area contributed by atoms with Crippen molar-refractivity contribution < 1.29 is 22.8 Å². The zero-order valence-corrected chi connectivity index (χ0v) is 13.1. The van der Waals surface area contributed by atoms with E-state index in [4.69, 9.17) is 5.73 Å². The van der Waals surface area contributed by atoms with Gasteiger partial charge in [-0.1, -0.05) is 0 Å². The molecule has 5 nitrogen and oxygen atoms in total. The number of carbonyl (C=O) groups is 2. The Morgan fingerprint density at radius 2 is 1.70 bits per heavy atom. The summed E-state index contributed by atoms with van der Waals surface area (Å²) in [6.45, 7) is 1.28. The number of amides is 2. The van der Waals surface area contributed by atoms with Gasteiger partial charge in [0.15, 0.2) is 0 Å². The maximum absolute atomic E-state index is 12.7. The highest BCUT2D eigenvalue weighted by molar-refractivity contribution is 5.80. The smallest absolute Gasteiger partial charge is 0.370 e. The number of hydrogen-bond acceptors (Lipinski definition) is 3. The van der Waals surface area contributed by atoms with Gasteiger partial charge in [0, 0.05) is 19.0 Å². The van der Waals surface area contributed by atoms with E-state index < -0.39 is 18.0 Å². The average molecular weight is 335 g/mol. The van der Waals surface area contributed by atoms with E-state index >= 15 is 0 Å². The van der Waals surface area contributed by atoms with Crippen LogP contribution in [0, 0.1) is 5.92 Å². The number of halogens is 3. The van der Waals surface area contributed by atoms with Gasteiger partial charge in [-0.25, -0.2) is 0 Å². The van der Waals surface area contributed by atoms with E-state index in [1.807, 2.05) is 0 Å². The van der Waals surface area contributed by atoms with Crippen LogP contribution < -0.4 is 5.73 Å². The maximum atomic E-state index is 12.7. The van der Waals surface area contributed by atoms with E-state index in [2.05, 4.69) is 0 Å². The molecule has 0 spiro atoms. The lowest BCUT2D eigenvalue weighted by molar-refractivity contribution is -0.185. The highest BCUT2D eigenvalue weighted by atomic mass is 19.4. The molecule has 0 aromatic heterocycles. The van der Waals surface area contributed by atoms with Gasteiger partial charge in [-0.3, -0.25) is 14.5 Å². The zero-order valence-electron chi connectivity index (χ0n) is 13.1. The Morgan fingerprint density at radius 1 is 1.04 bits per heavy atom. The summed E-state index contributed by atoms with van der Waals surface area (Å²) in [7, 11) is 0. The van der Waals surface area contributed by atoms with E-state index in [1.54, 1.807) is 9.80 Å². The van der Waals surface area contributed by atoms with E-state index in [-0.39, 0.29) is 50.8 Å². The Bertz CT molecular complexity index is 434. The van der Waals surface area contributed by atoms with Crippen molar-refractivity contribution >= 4 is 11.8 Å². The van der Waals surface area contributed by atoms with Crippen molar-refractivity contribution in [1.29, 1.82) is 0 Å². The molecule has 2 rings (SSSR count). The van der Waals surface area contributed by atoms with Crippen LogP contribution in [0.1, 0.15) is 38.5 Å². The predicted octanol–water partition coefficient (Wildman–Crippen LogP) is 1.52. The van der Waals surface area contributed by atoms with Crippen molar-refractivity contribution in [3.63, 3.8) is 0 Å². The number of rotatable bonds is 4. The predicted molar refractivity (Wildman–Crippen MR) is 78.4 cm³/mol. The van der Waals surface area contributed by atoms with Gasteiger partial charge in [-0.15, -0.1) is 0 Å². The minimum absolute atomic E-state index is 0.0431. The van der Waals surface area contributed by atoms with Crippen molar-refractivity contribution in [1.82, 2.24) is 9.80 Å². The third-order valence-corrected chi connectivity index (χ3v) is 4.79. The molecule has 132 valence electrons. The number of likely N-dealkylation sites (tertiary alicyclic amines) is 2. The standard InChI is InChI=1S/C15H24F3N3O2/c16-15(17,18)11-4-7-20(8-5-11)10-14(23)21-6-2-1-3-12(21)9-13(19)22/h11-12H,1-10H2,(H2,19,22). The van der Waals surface area contributed by atoms with Crippen LogP contribution in [0.25, 0.3) is 0 Å². The molecule has 2 saturated heterocycles. The SMILES string of the molecule is NC(=O)CC1CCCCN1C(=O)CN1CCC(C(F)(F)F)CC1. The molecule has 2 fully saturated rings. The van der Waals surface area contributed by atoms with Gasteiger partial charge < -0.3 is 10.6 Å². The maximum Gasteiger partial charge on any atom is 0.391 e. The van der Waals surface area contributed by atoms with E-state index in [0.29, 0.717) is 6.54 Å². The molecule has 0 aromatic carbocycles. The quantitative estimate of drug-likeness (QED) is 0.847. The number of carbonyl (C=O) groups excluding carboxylic acids is 2. The third kappa shape index (κ3) is 5.09. The van der Waals surface area contributed by atoms with Crippen LogP contribution in [0.3, 0.4) is 0 Å². The molecule has 1 unspecified atom stereocenters. The first-order valence-electron chi connectivity index (χ1n) is 8.14. The molecule has 2 N–H and O–H groups in total. The van der Waals surface area contributed by atoms with Crippen molar-refractivity contribution in [3.8, 4) is 0 Å². The Kier molecular flexibility index (Phi) is 5.89. The lowest BCUT2D eigenvalue weighted by atomic mass is 9.96. The Hall–Kier alpha value is -1.31. The molecule has 2 heterocycles. The summed E-state index contributed by atoms with van der Waals surface area (Å²) in [5.41, 5.74) is 5.23. The molecule has 0 bridgehead atoms. The summed E-state index contributed by atoms with van der Waals surface area (Å²) in [5, 5.41) is 0. The van der Waals surface area contributed by atoms with Crippen LogP contribution >= 0.6 is 0 Å². The largest absolute Gasteiger partial charge is 0.391 e. The molecule has 8 heteroatoms. The number of primary amides is 1. The van der Waals surface area contributed by atoms with E-state index in [1.165, 1.54) is 0 Å². The summed E-state index contributed by atoms with van der Waals surface area (Å²) in [5.74, 6) is -1.80. The van der Waals surface area contributed by atoms with E-state index in [9.17, 15) is 22.8 Å². The van der Waals surface area contributed by atoms with Gasteiger partial charge in [0.05, 0.1) is 12.5 Å². The van der Waals surface area contributed by atoms with Gasteiger partial charge in [-0.2, -0.15) is 13.2 Å². The fourth-order valence-corrected chi connectivity index (χ4v) is 3.47. The van der Waals surface area contributed by atoms with Crippen LogP contribution in [-0.4, -0.2) is 60.0 Å². The molecule has 0 aliphatic carbocycles. The number of hydrogen-bond donors (Lipinski definition) is 1. The molecule has 2 aliphatic heterocycles. The van der Waals surface area contributed by atoms with Crippen LogP contribution in [0.2, 0.25) is 0 Å². The number of nitrogens with two attached hydrogens (primary N) is 1. The summed E-state index contributed by atoms with van der Waals surface area (Å²) < 4.78 is 38.0. The lowest BCUT2D eigenvalue weighted by Gasteiger charge is -2.38. The van der Waals surface area contributed by atoms with E-state index in [0.717, 1.165) is 19.3 Å². The first kappa shape index (κ1) is 18.0. The topological polar surface area (TPSA) is 66.6 Å². The summed E-state index contributed by atoms with van der Waals surface area (Å²) in [4.78, 5) is 27.0. The zero-order chi connectivity index (χ0) is 17.0. The van der Waals surface area contributed by atoms with Gasteiger partial charge in [-0.05, 0) is 45.2 Å². The number of nitrogens with zero attached hydrogens (tertiary/aromatic N) is 2. The molecule has 2 amide bonds. The molecule has 0 radical (unpaired) electrons. The molecule has 0 saturated carbocycles. The molecular formula is C15H24F3N3O2. The third-order valence-electron chi connectivity index (χ3n) is 4.79. The molecule has 1 atom stereocenters. The minimum atomic E-state index is -4.14. The molecule has 0 aromatic rings.